The van der Waals surface area contributed by atoms with Crippen LogP contribution in [0.3, 0.4) is 0 Å². The highest BCUT2D eigenvalue weighted by Crippen LogP contribution is 2.38. The Bertz CT molecular complexity index is 1170. The standard InChI is InChI=1S/C23H20ClN3O3/c1-25-16-10-18(24)23(27-13-16)30-20-8-9-26-19-12-22(21(28-2)11-17(19)20)29-14-15-6-4-3-5-7-15/h3-13,25H,14H2,1-2H3. The highest BCUT2D eigenvalue weighted by Gasteiger charge is 2.14. The smallest absolute Gasteiger partial charge is 0.238 e. The Balaban J connectivity index is 1.66. The molecule has 0 unspecified atom stereocenters. The van der Waals surface area contributed by atoms with Gasteiger partial charge in [-0.05, 0) is 23.8 Å². The summed E-state index contributed by atoms with van der Waals surface area (Å²) in [5, 5.41) is 4.16. The SMILES string of the molecule is CNc1cnc(Oc2ccnc3cc(OCc4ccccc4)c(OC)cc23)c(Cl)c1. The molecule has 4 rings (SSSR count). The van der Waals surface area contributed by atoms with Gasteiger partial charge in [-0.3, -0.25) is 4.98 Å². The van der Waals surface area contributed by atoms with Gasteiger partial charge in [-0.1, -0.05) is 41.9 Å². The van der Waals surface area contributed by atoms with Crippen molar-refractivity contribution in [1.29, 1.82) is 0 Å². The van der Waals surface area contributed by atoms with Gasteiger partial charge in [0.2, 0.25) is 5.88 Å². The predicted molar refractivity (Wildman–Crippen MR) is 118 cm³/mol. The minimum atomic E-state index is 0.312. The minimum Gasteiger partial charge on any atom is -0.493 e. The van der Waals surface area contributed by atoms with Gasteiger partial charge in [0.25, 0.3) is 0 Å². The van der Waals surface area contributed by atoms with Gasteiger partial charge in [0.05, 0.1) is 24.5 Å². The van der Waals surface area contributed by atoms with Crippen LogP contribution in [0.5, 0.6) is 23.1 Å². The van der Waals surface area contributed by atoms with Gasteiger partial charge in [0.15, 0.2) is 11.5 Å². The van der Waals surface area contributed by atoms with Crippen LogP contribution >= 0.6 is 11.6 Å². The Morgan fingerprint density at radius 2 is 1.80 bits per heavy atom. The fourth-order valence-electron chi connectivity index (χ4n) is 2.97. The molecule has 0 aliphatic rings. The van der Waals surface area contributed by atoms with Gasteiger partial charge >= 0.3 is 0 Å². The molecule has 1 N–H and O–H groups in total. The number of nitrogens with zero attached hydrogens (tertiary/aromatic N) is 2. The van der Waals surface area contributed by atoms with Crippen molar-refractivity contribution in [2.45, 2.75) is 6.61 Å². The molecule has 4 aromatic rings. The molecule has 0 radical (unpaired) electrons. The van der Waals surface area contributed by atoms with E-state index in [2.05, 4.69) is 15.3 Å². The maximum absolute atomic E-state index is 6.30. The largest absolute Gasteiger partial charge is 0.493 e. The number of benzene rings is 2. The molecule has 152 valence electrons. The van der Waals surface area contributed by atoms with E-state index in [0.717, 1.165) is 16.6 Å². The van der Waals surface area contributed by atoms with Crippen molar-refractivity contribution < 1.29 is 14.2 Å². The molecular formula is C23H20ClN3O3. The summed E-state index contributed by atoms with van der Waals surface area (Å²) in [6.45, 7) is 0.427. The van der Waals surface area contributed by atoms with Crippen LogP contribution < -0.4 is 19.5 Å². The normalized spacial score (nSPS) is 10.6. The molecule has 0 bridgehead atoms. The van der Waals surface area contributed by atoms with E-state index in [1.807, 2.05) is 42.5 Å². The summed E-state index contributed by atoms with van der Waals surface area (Å²) in [5.41, 5.74) is 2.57. The monoisotopic (exact) mass is 421 g/mol. The van der Waals surface area contributed by atoms with E-state index in [9.17, 15) is 0 Å². The molecule has 0 aliphatic carbocycles. The Morgan fingerprint density at radius 3 is 2.53 bits per heavy atom. The molecule has 7 heteroatoms. The van der Waals surface area contributed by atoms with Crippen molar-refractivity contribution in [1.82, 2.24) is 9.97 Å². The maximum Gasteiger partial charge on any atom is 0.238 e. The molecule has 0 saturated heterocycles. The lowest BCUT2D eigenvalue weighted by Gasteiger charge is -2.14. The lowest BCUT2D eigenvalue weighted by molar-refractivity contribution is 0.285. The fourth-order valence-corrected chi connectivity index (χ4v) is 3.17. The zero-order chi connectivity index (χ0) is 20.9. The third kappa shape index (κ3) is 4.23. The van der Waals surface area contributed by atoms with Crippen LogP contribution in [-0.4, -0.2) is 24.1 Å². The van der Waals surface area contributed by atoms with Crippen LogP contribution in [0.1, 0.15) is 5.56 Å². The second kappa shape index (κ2) is 8.88. The van der Waals surface area contributed by atoms with Gasteiger partial charge in [0.1, 0.15) is 17.4 Å². The van der Waals surface area contributed by atoms with Crippen molar-refractivity contribution >= 4 is 28.2 Å². The van der Waals surface area contributed by atoms with Crippen molar-refractivity contribution in [3.63, 3.8) is 0 Å². The number of hydrogen-bond acceptors (Lipinski definition) is 6. The van der Waals surface area contributed by atoms with Crippen LogP contribution in [0.2, 0.25) is 5.02 Å². The summed E-state index contributed by atoms with van der Waals surface area (Å²) in [6, 6.07) is 17.1. The van der Waals surface area contributed by atoms with Gasteiger partial charge in [0, 0.05) is 24.7 Å². The summed E-state index contributed by atoms with van der Waals surface area (Å²) in [7, 11) is 3.40. The highest BCUT2D eigenvalue weighted by atomic mass is 35.5. The molecule has 0 fully saturated rings. The van der Waals surface area contributed by atoms with Crippen LogP contribution in [0.25, 0.3) is 10.9 Å². The molecule has 0 spiro atoms. The number of ether oxygens (including phenoxy) is 3. The van der Waals surface area contributed by atoms with E-state index in [0.29, 0.717) is 40.3 Å². The molecule has 0 aliphatic heterocycles. The Hall–Kier alpha value is -3.51. The summed E-state index contributed by atoms with van der Waals surface area (Å²) in [4.78, 5) is 8.73. The van der Waals surface area contributed by atoms with E-state index >= 15 is 0 Å². The van der Waals surface area contributed by atoms with E-state index in [1.165, 1.54) is 0 Å². The Kier molecular flexibility index (Phi) is 5.86. The summed E-state index contributed by atoms with van der Waals surface area (Å²) in [6.07, 6.45) is 3.32. The molecule has 0 amide bonds. The summed E-state index contributed by atoms with van der Waals surface area (Å²) in [5.74, 6) is 2.07. The first-order chi connectivity index (χ1) is 14.7. The zero-order valence-corrected chi connectivity index (χ0v) is 17.3. The molecule has 6 nitrogen and oxygen atoms in total. The topological polar surface area (TPSA) is 65.5 Å². The zero-order valence-electron chi connectivity index (χ0n) is 16.6. The first-order valence-corrected chi connectivity index (χ1v) is 9.70. The maximum atomic E-state index is 6.30. The average Bonchev–Trinajstić information content (AvgIpc) is 2.79. The second-order valence-electron chi connectivity index (χ2n) is 6.47. The molecule has 2 heterocycles. The van der Waals surface area contributed by atoms with Crippen LogP contribution in [0, 0.1) is 0 Å². The Labute approximate surface area is 179 Å². The number of pyridine rings is 2. The highest BCUT2D eigenvalue weighted by molar-refractivity contribution is 6.32. The Morgan fingerprint density at radius 1 is 0.967 bits per heavy atom. The number of anilines is 1. The summed E-state index contributed by atoms with van der Waals surface area (Å²) < 4.78 is 17.5. The summed E-state index contributed by atoms with van der Waals surface area (Å²) >= 11 is 6.30. The quantitative estimate of drug-likeness (QED) is 0.412. The molecule has 0 atom stereocenters. The van der Waals surface area contributed by atoms with Crippen molar-refractivity contribution in [2.24, 2.45) is 0 Å². The van der Waals surface area contributed by atoms with Gasteiger partial charge in [-0.2, -0.15) is 0 Å². The van der Waals surface area contributed by atoms with Crippen LogP contribution in [0.4, 0.5) is 5.69 Å². The van der Waals surface area contributed by atoms with Crippen molar-refractivity contribution in [3.05, 3.63) is 77.6 Å². The minimum absolute atomic E-state index is 0.312. The third-order valence-corrected chi connectivity index (χ3v) is 4.80. The number of aromatic nitrogens is 2. The molecule has 2 aromatic carbocycles. The predicted octanol–water partition coefficient (Wildman–Crippen LogP) is 5.70. The molecule has 2 aromatic heterocycles. The van der Waals surface area contributed by atoms with Gasteiger partial charge < -0.3 is 19.5 Å². The number of nitrogens with one attached hydrogen (secondary N) is 1. The lowest BCUT2D eigenvalue weighted by Crippen LogP contribution is -1.99. The number of fused-ring (bicyclic) bond motifs is 1. The van der Waals surface area contributed by atoms with Crippen LogP contribution in [-0.2, 0) is 6.61 Å². The van der Waals surface area contributed by atoms with E-state index < -0.39 is 0 Å². The van der Waals surface area contributed by atoms with E-state index in [4.69, 9.17) is 25.8 Å². The third-order valence-electron chi connectivity index (χ3n) is 4.53. The van der Waals surface area contributed by atoms with Crippen molar-refractivity contribution in [2.75, 3.05) is 19.5 Å². The number of halogens is 1. The second-order valence-corrected chi connectivity index (χ2v) is 6.87. The molecule has 30 heavy (non-hydrogen) atoms. The fraction of sp³-hybridized carbons (Fsp3) is 0.130. The van der Waals surface area contributed by atoms with E-state index in [-0.39, 0.29) is 0 Å². The first-order valence-electron chi connectivity index (χ1n) is 9.32. The number of hydrogen-bond donors (Lipinski definition) is 1. The number of rotatable bonds is 7. The molecule has 0 saturated carbocycles. The van der Waals surface area contributed by atoms with Crippen LogP contribution in [0.15, 0.2) is 67.0 Å². The van der Waals surface area contributed by atoms with Crippen molar-refractivity contribution in [3.8, 4) is 23.1 Å². The van der Waals surface area contributed by atoms with Gasteiger partial charge in [-0.15, -0.1) is 0 Å². The first kappa shape index (κ1) is 19.8. The average molecular weight is 422 g/mol. The molecular weight excluding hydrogens is 402 g/mol. The number of methoxy groups -OCH3 is 1. The van der Waals surface area contributed by atoms with Gasteiger partial charge in [-0.25, -0.2) is 4.98 Å². The lowest BCUT2D eigenvalue weighted by atomic mass is 10.1. The van der Waals surface area contributed by atoms with E-state index in [1.54, 1.807) is 38.7 Å².